The van der Waals surface area contributed by atoms with E-state index in [9.17, 15) is 0 Å². The summed E-state index contributed by atoms with van der Waals surface area (Å²) in [5, 5.41) is 0. The first-order valence-electron chi connectivity index (χ1n) is 6.83. The number of hydrogen-bond acceptors (Lipinski definition) is 4. The Morgan fingerprint density at radius 2 is 2.15 bits per heavy atom. The Bertz CT molecular complexity index is 541. The van der Waals surface area contributed by atoms with Gasteiger partial charge in [-0.25, -0.2) is 0 Å². The summed E-state index contributed by atoms with van der Waals surface area (Å²) in [5.74, 6) is 6.49. The van der Waals surface area contributed by atoms with Crippen LogP contribution in [0.2, 0.25) is 0 Å². The standard InChI is InChI=1S/C16H22N2O2/c1-15(2)9-14(16(3,4)20-15)19-13-8-12(6-5-7-17)10-18-11-13/h8,10-11,14H,7,9,17H2,1-4H3. The van der Waals surface area contributed by atoms with Gasteiger partial charge in [-0.15, -0.1) is 0 Å². The highest BCUT2D eigenvalue weighted by molar-refractivity contribution is 5.37. The van der Waals surface area contributed by atoms with E-state index in [-0.39, 0.29) is 17.3 Å². The molecule has 1 saturated heterocycles. The molecule has 1 aromatic rings. The minimum Gasteiger partial charge on any atom is -0.486 e. The predicted molar refractivity (Wildman–Crippen MR) is 78.4 cm³/mol. The highest BCUT2D eigenvalue weighted by atomic mass is 16.6. The molecule has 4 nitrogen and oxygen atoms in total. The maximum Gasteiger partial charge on any atom is 0.139 e. The lowest BCUT2D eigenvalue weighted by atomic mass is 9.97. The van der Waals surface area contributed by atoms with E-state index in [4.69, 9.17) is 15.2 Å². The molecule has 1 atom stereocenters. The van der Waals surface area contributed by atoms with E-state index in [2.05, 4.69) is 44.5 Å². The van der Waals surface area contributed by atoms with Crippen molar-refractivity contribution in [3.8, 4) is 17.6 Å². The molecule has 1 aromatic heterocycles. The molecule has 2 N–H and O–H groups in total. The van der Waals surface area contributed by atoms with Gasteiger partial charge in [-0.05, 0) is 33.8 Å². The van der Waals surface area contributed by atoms with Crippen LogP contribution in [0.1, 0.15) is 39.7 Å². The zero-order chi connectivity index (χ0) is 14.8. The molecule has 0 aliphatic carbocycles. The van der Waals surface area contributed by atoms with Gasteiger partial charge in [0.1, 0.15) is 17.5 Å². The SMILES string of the molecule is CC1(C)CC(Oc2cncc(C#CCN)c2)C(C)(C)O1. The molecule has 4 heteroatoms. The van der Waals surface area contributed by atoms with Crippen LogP contribution in [-0.2, 0) is 4.74 Å². The Balaban J connectivity index is 2.14. The number of rotatable bonds is 2. The van der Waals surface area contributed by atoms with Crippen LogP contribution in [0.25, 0.3) is 0 Å². The third-order valence-electron chi connectivity index (χ3n) is 3.32. The number of nitrogens with two attached hydrogens (primary N) is 1. The third-order valence-corrected chi connectivity index (χ3v) is 3.32. The minimum atomic E-state index is -0.317. The van der Waals surface area contributed by atoms with E-state index in [0.717, 1.165) is 12.0 Å². The Morgan fingerprint density at radius 3 is 2.75 bits per heavy atom. The molecule has 0 radical (unpaired) electrons. The molecular formula is C16H22N2O2. The average Bonchev–Trinajstić information content (AvgIpc) is 2.55. The van der Waals surface area contributed by atoms with Crippen LogP contribution in [0.3, 0.4) is 0 Å². The van der Waals surface area contributed by atoms with Gasteiger partial charge in [-0.2, -0.15) is 0 Å². The first-order valence-corrected chi connectivity index (χ1v) is 6.83. The lowest BCUT2D eigenvalue weighted by molar-refractivity contribution is -0.0846. The lowest BCUT2D eigenvalue weighted by Gasteiger charge is -2.27. The normalized spacial score (nSPS) is 22.9. The monoisotopic (exact) mass is 274 g/mol. The molecule has 1 fully saturated rings. The van der Waals surface area contributed by atoms with Crippen molar-refractivity contribution >= 4 is 0 Å². The zero-order valence-corrected chi connectivity index (χ0v) is 12.6. The Labute approximate surface area is 120 Å². The quantitative estimate of drug-likeness (QED) is 0.839. The summed E-state index contributed by atoms with van der Waals surface area (Å²) in [5.41, 5.74) is 5.69. The zero-order valence-electron chi connectivity index (χ0n) is 12.6. The van der Waals surface area contributed by atoms with Crippen LogP contribution in [0, 0.1) is 11.8 Å². The van der Waals surface area contributed by atoms with Crippen LogP contribution in [0.5, 0.6) is 5.75 Å². The molecule has 0 aromatic carbocycles. The van der Waals surface area contributed by atoms with Gasteiger partial charge in [0.25, 0.3) is 0 Å². The molecule has 1 aliphatic rings. The van der Waals surface area contributed by atoms with Gasteiger partial charge in [0.05, 0.1) is 18.3 Å². The summed E-state index contributed by atoms with van der Waals surface area (Å²) >= 11 is 0. The van der Waals surface area contributed by atoms with Crippen molar-refractivity contribution in [3.05, 3.63) is 24.0 Å². The fraction of sp³-hybridized carbons (Fsp3) is 0.562. The van der Waals surface area contributed by atoms with Crippen molar-refractivity contribution < 1.29 is 9.47 Å². The van der Waals surface area contributed by atoms with Crippen molar-refractivity contribution in [1.29, 1.82) is 0 Å². The highest BCUT2D eigenvalue weighted by Crippen LogP contribution is 2.39. The van der Waals surface area contributed by atoms with Gasteiger partial charge < -0.3 is 15.2 Å². The first-order chi connectivity index (χ1) is 9.32. The molecule has 0 saturated carbocycles. The van der Waals surface area contributed by atoms with E-state index in [0.29, 0.717) is 12.3 Å². The van der Waals surface area contributed by atoms with Gasteiger partial charge in [0.2, 0.25) is 0 Å². The topological polar surface area (TPSA) is 57.4 Å². The van der Waals surface area contributed by atoms with Crippen molar-refractivity contribution in [2.24, 2.45) is 5.73 Å². The molecule has 0 spiro atoms. The fourth-order valence-electron chi connectivity index (χ4n) is 2.56. The van der Waals surface area contributed by atoms with Crippen molar-refractivity contribution in [3.63, 3.8) is 0 Å². The molecule has 2 rings (SSSR count). The second kappa shape index (κ2) is 5.43. The summed E-state index contributed by atoms with van der Waals surface area (Å²) < 4.78 is 12.1. The smallest absolute Gasteiger partial charge is 0.139 e. The average molecular weight is 274 g/mol. The maximum absolute atomic E-state index is 6.06. The molecule has 1 unspecified atom stereocenters. The summed E-state index contributed by atoms with van der Waals surface area (Å²) in [6, 6.07) is 1.89. The Kier molecular flexibility index (Phi) is 4.03. The molecule has 108 valence electrons. The summed E-state index contributed by atoms with van der Waals surface area (Å²) in [6.07, 6.45) is 4.25. The molecule has 0 bridgehead atoms. The van der Waals surface area contributed by atoms with Crippen LogP contribution in [0.4, 0.5) is 0 Å². The van der Waals surface area contributed by atoms with E-state index in [1.807, 2.05) is 6.07 Å². The summed E-state index contributed by atoms with van der Waals surface area (Å²) in [6.45, 7) is 8.61. The molecule has 0 amide bonds. The molecule has 1 aliphatic heterocycles. The highest BCUT2D eigenvalue weighted by Gasteiger charge is 2.47. The molecule has 2 heterocycles. The van der Waals surface area contributed by atoms with E-state index >= 15 is 0 Å². The van der Waals surface area contributed by atoms with Gasteiger partial charge in [0.15, 0.2) is 0 Å². The van der Waals surface area contributed by atoms with E-state index in [1.165, 1.54) is 0 Å². The number of aromatic nitrogens is 1. The summed E-state index contributed by atoms with van der Waals surface area (Å²) in [7, 11) is 0. The Hall–Kier alpha value is -1.57. The Morgan fingerprint density at radius 1 is 1.40 bits per heavy atom. The predicted octanol–water partition coefficient (Wildman–Crippen LogP) is 2.12. The fourth-order valence-corrected chi connectivity index (χ4v) is 2.56. The molecule has 20 heavy (non-hydrogen) atoms. The second-order valence-electron chi connectivity index (χ2n) is 6.19. The van der Waals surface area contributed by atoms with Crippen LogP contribution in [0.15, 0.2) is 18.5 Å². The number of nitrogens with zero attached hydrogens (tertiary/aromatic N) is 1. The summed E-state index contributed by atoms with van der Waals surface area (Å²) in [4.78, 5) is 4.15. The van der Waals surface area contributed by atoms with Gasteiger partial charge >= 0.3 is 0 Å². The van der Waals surface area contributed by atoms with Crippen LogP contribution in [-0.4, -0.2) is 28.8 Å². The van der Waals surface area contributed by atoms with Crippen molar-refractivity contribution in [1.82, 2.24) is 4.98 Å². The minimum absolute atomic E-state index is 0.00276. The van der Waals surface area contributed by atoms with Crippen LogP contribution < -0.4 is 10.5 Å². The largest absolute Gasteiger partial charge is 0.486 e. The first kappa shape index (κ1) is 14.8. The van der Waals surface area contributed by atoms with E-state index < -0.39 is 0 Å². The van der Waals surface area contributed by atoms with E-state index in [1.54, 1.807) is 12.4 Å². The third kappa shape index (κ3) is 3.50. The van der Waals surface area contributed by atoms with Crippen molar-refractivity contribution in [2.45, 2.75) is 51.4 Å². The lowest BCUT2D eigenvalue weighted by Crippen LogP contribution is -2.36. The van der Waals surface area contributed by atoms with Crippen molar-refractivity contribution in [2.75, 3.05) is 6.54 Å². The number of hydrogen-bond donors (Lipinski definition) is 1. The van der Waals surface area contributed by atoms with Gasteiger partial charge in [-0.3, -0.25) is 4.98 Å². The van der Waals surface area contributed by atoms with Gasteiger partial charge in [-0.1, -0.05) is 11.8 Å². The van der Waals surface area contributed by atoms with Gasteiger partial charge in [0, 0.05) is 18.2 Å². The van der Waals surface area contributed by atoms with Crippen LogP contribution >= 0.6 is 0 Å². The second-order valence-corrected chi connectivity index (χ2v) is 6.19. The maximum atomic E-state index is 6.06. The number of ether oxygens (including phenoxy) is 2. The molecular weight excluding hydrogens is 252 g/mol. The number of pyridine rings is 1.